The first kappa shape index (κ1) is 20.9. The number of carboxylic acid groups (broad SMARTS) is 1. The van der Waals surface area contributed by atoms with Gasteiger partial charge in [0.15, 0.2) is 0 Å². The molecule has 0 bridgehead atoms. The van der Waals surface area contributed by atoms with Gasteiger partial charge < -0.3 is 14.8 Å². The van der Waals surface area contributed by atoms with Crippen LogP contribution in [0, 0.1) is 0 Å². The number of benzene rings is 1. The Labute approximate surface area is 153 Å². The van der Waals surface area contributed by atoms with Crippen LogP contribution in [0.4, 0.5) is 5.69 Å². The van der Waals surface area contributed by atoms with Gasteiger partial charge in [-0.2, -0.15) is 0 Å². The summed E-state index contributed by atoms with van der Waals surface area (Å²) in [5, 5.41) is 10.9. The summed E-state index contributed by atoms with van der Waals surface area (Å²) in [5.41, 5.74) is 0.275. The van der Waals surface area contributed by atoms with E-state index in [2.05, 4.69) is 26.3 Å². The SMILES string of the molecule is C=CCN(CC=C)OC(=O)c1c(C(=O)O)cccc1N(CC=C)CC=C. The standard InChI is InChI=1S/C20H24N2O4/c1-5-12-21(13-6-2)17-11-9-10-16(19(23)24)18(17)20(25)26-22(14-7-3)15-8-4/h5-11H,1-4,12-15H2,(H,23,24). The normalized spacial score (nSPS) is 10.0. The maximum Gasteiger partial charge on any atom is 0.360 e. The van der Waals surface area contributed by atoms with E-state index in [0.717, 1.165) is 0 Å². The van der Waals surface area contributed by atoms with E-state index in [-0.39, 0.29) is 24.2 Å². The van der Waals surface area contributed by atoms with E-state index < -0.39 is 11.9 Å². The van der Waals surface area contributed by atoms with Gasteiger partial charge in [-0.25, -0.2) is 9.59 Å². The summed E-state index contributed by atoms with van der Waals surface area (Å²) in [6.07, 6.45) is 6.46. The number of rotatable bonds is 12. The molecular formula is C20H24N2O4. The number of aromatic carboxylic acids is 1. The first-order chi connectivity index (χ1) is 12.5. The van der Waals surface area contributed by atoms with Crippen LogP contribution in [-0.2, 0) is 4.84 Å². The highest BCUT2D eigenvalue weighted by molar-refractivity contribution is 6.06. The van der Waals surface area contributed by atoms with Gasteiger partial charge in [0.05, 0.1) is 29.9 Å². The van der Waals surface area contributed by atoms with E-state index >= 15 is 0 Å². The topological polar surface area (TPSA) is 70.1 Å². The number of hydrogen-bond donors (Lipinski definition) is 1. The molecule has 0 aliphatic carbocycles. The molecule has 138 valence electrons. The second-order valence-corrected chi connectivity index (χ2v) is 5.29. The molecule has 26 heavy (non-hydrogen) atoms. The van der Waals surface area contributed by atoms with Crippen LogP contribution in [0.15, 0.2) is 68.8 Å². The molecule has 0 fully saturated rings. The number of hydroxylamine groups is 2. The summed E-state index contributed by atoms with van der Waals surface area (Å²) in [6, 6.07) is 4.62. The Bertz CT molecular complexity index is 677. The van der Waals surface area contributed by atoms with Gasteiger partial charge in [0.2, 0.25) is 0 Å². The van der Waals surface area contributed by atoms with Crippen LogP contribution in [-0.4, -0.2) is 48.3 Å². The van der Waals surface area contributed by atoms with Crippen LogP contribution in [0.5, 0.6) is 0 Å². The van der Waals surface area contributed by atoms with Crippen molar-refractivity contribution in [3.05, 3.63) is 79.9 Å². The predicted molar refractivity (Wildman–Crippen MR) is 103 cm³/mol. The van der Waals surface area contributed by atoms with E-state index in [1.54, 1.807) is 41.3 Å². The summed E-state index contributed by atoms with van der Waals surface area (Å²) in [5.74, 6) is -1.98. The Kier molecular flexibility index (Phi) is 8.60. The fourth-order valence-corrected chi connectivity index (χ4v) is 2.38. The smallest absolute Gasteiger partial charge is 0.360 e. The first-order valence-corrected chi connectivity index (χ1v) is 8.02. The van der Waals surface area contributed by atoms with Crippen LogP contribution in [0.25, 0.3) is 0 Å². The maximum absolute atomic E-state index is 12.8. The van der Waals surface area contributed by atoms with Crippen molar-refractivity contribution < 1.29 is 19.5 Å². The Balaban J connectivity index is 3.39. The second kappa shape index (κ2) is 10.7. The van der Waals surface area contributed by atoms with Crippen LogP contribution >= 0.6 is 0 Å². The number of anilines is 1. The van der Waals surface area contributed by atoms with Gasteiger partial charge in [0.25, 0.3) is 0 Å². The molecule has 0 aromatic heterocycles. The molecule has 0 aliphatic rings. The minimum Gasteiger partial charge on any atom is -0.478 e. The highest BCUT2D eigenvalue weighted by Crippen LogP contribution is 2.26. The van der Waals surface area contributed by atoms with Gasteiger partial charge in [0, 0.05) is 13.1 Å². The zero-order chi connectivity index (χ0) is 19.5. The van der Waals surface area contributed by atoms with Crippen molar-refractivity contribution in [1.82, 2.24) is 5.06 Å². The van der Waals surface area contributed by atoms with Crippen molar-refractivity contribution in [2.24, 2.45) is 0 Å². The van der Waals surface area contributed by atoms with Crippen molar-refractivity contribution in [2.45, 2.75) is 0 Å². The predicted octanol–water partition coefficient (Wildman–Crippen LogP) is 3.31. The largest absolute Gasteiger partial charge is 0.478 e. The highest BCUT2D eigenvalue weighted by Gasteiger charge is 2.26. The van der Waals surface area contributed by atoms with Gasteiger partial charge in [-0.3, -0.25) is 0 Å². The van der Waals surface area contributed by atoms with E-state index in [0.29, 0.717) is 18.8 Å². The number of carbonyl (C=O) groups excluding carboxylic acids is 1. The molecule has 0 aliphatic heterocycles. The molecule has 0 saturated carbocycles. The van der Waals surface area contributed by atoms with E-state index in [4.69, 9.17) is 4.84 Å². The molecule has 1 N–H and O–H groups in total. The molecule has 0 saturated heterocycles. The molecule has 0 amide bonds. The van der Waals surface area contributed by atoms with Gasteiger partial charge in [0.1, 0.15) is 0 Å². The third-order valence-electron chi connectivity index (χ3n) is 3.39. The zero-order valence-electron chi connectivity index (χ0n) is 14.8. The lowest BCUT2D eigenvalue weighted by molar-refractivity contribution is -0.0936. The molecule has 0 spiro atoms. The summed E-state index contributed by atoms with van der Waals surface area (Å²) in [7, 11) is 0. The summed E-state index contributed by atoms with van der Waals surface area (Å²) in [4.78, 5) is 31.6. The van der Waals surface area contributed by atoms with E-state index in [9.17, 15) is 14.7 Å². The molecule has 0 atom stereocenters. The van der Waals surface area contributed by atoms with Crippen LogP contribution in [0.3, 0.4) is 0 Å². The molecule has 1 rings (SSSR count). The third-order valence-corrected chi connectivity index (χ3v) is 3.39. The Morgan fingerprint density at radius 1 is 0.962 bits per heavy atom. The number of hydrogen-bond acceptors (Lipinski definition) is 5. The van der Waals surface area contributed by atoms with Crippen LogP contribution in [0.1, 0.15) is 20.7 Å². The molecule has 6 nitrogen and oxygen atoms in total. The molecule has 0 heterocycles. The molecule has 6 heteroatoms. The minimum atomic E-state index is -1.21. The molecule has 1 aromatic rings. The molecule has 0 radical (unpaired) electrons. The first-order valence-electron chi connectivity index (χ1n) is 8.02. The fraction of sp³-hybridized carbons (Fsp3) is 0.200. The average molecular weight is 356 g/mol. The lowest BCUT2D eigenvalue weighted by Crippen LogP contribution is -2.31. The average Bonchev–Trinajstić information content (AvgIpc) is 2.61. The quantitative estimate of drug-likeness (QED) is 0.458. The summed E-state index contributed by atoms with van der Waals surface area (Å²) < 4.78 is 0. The van der Waals surface area contributed by atoms with Crippen LogP contribution in [0.2, 0.25) is 0 Å². The van der Waals surface area contributed by atoms with Crippen molar-refractivity contribution in [3.8, 4) is 0 Å². The van der Waals surface area contributed by atoms with Gasteiger partial charge >= 0.3 is 11.9 Å². The lowest BCUT2D eigenvalue weighted by atomic mass is 10.0. The molecule has 1 aromatic carbocycles. The number of carbonyl (C=O) groups is 2. The fourth-order valence-electron chi connectivity index (χ4n) is 2.38. The van der Waals surface area contributed by atoms with E-state index in [1.807, 2.05) is 0 Å². The second-order valence-electron chi connectivity index (χ2n) is 5.29. The van der Waals surface area contributed by atoms with Crippen molar-refractivity contribution in [2.75, 3.05) is 31.1 Å². The zero-order valence-corrected chi connectivity index (χ0v) is 14.8. The summed E-state index contributed by atoms with van der Waals surface area (Å²) in [6.45, 7) is 16.0. The maximum atomic E-state index is 12.8. The Hall–Kier alpha value is -3.12. The van der Waals surface area contributed by atoms with Crippen molar-refractivity contribution in [3.63, 3.8) is 0 Å². The summed E-state index contributed by atoms with van der Waals surface area (Å²) >= 11 is 0. The highest BCUT2D eigenvalue weighted by atomic mass is 16.7. The monoisotopic (exact) mass is 356 g/mol. The van der Waals surface area contributed by atoms with Gasteiger partial charge in [-0.15, -0.1) is 31.4 Å². The van der Waals surface area contributed by atoms with Gasteiger partial charge in [-0.05, 0) is 12.1 Å². The third kappa shape index (κ3) is 5.46. The van der Waals surface area contributed by atoms with Crippen LogP contribution < -0.4 is 4.90 Å². The van der Waals surface area contributed by atoms with Gasteiger partial charge in [-0.1, -0.05) is 30.4 Å². The molecule has 0 unspecified atom stereocenters. The Morgan fingerprint density at radius 2 is 1.50 bits per heavy atom. The number of nitrogens with zero attached hydrogens (tertiary/aromatic N) is 2. The molecular weight excluding hydrogens is 332 g/mol. The minimum absolute atomic E-state index is 0.0261. The van der Waals surface area contributed by atoms with Crippen molar-refractivity contribution >= 4 is 17.6 Å². The number of carboxylic acids is 1. The Morgan fingerprint density at radius 3 is 1.96 bits per heavy atom. The lowest BCUT2D eigenvalue weighted by Gasteiger charge is -2.26. The van der Waals surface area contributed by atoms with E-state index in [1.165, 1.54) is 11.1 Å². The van der Waals surface area contributed by atoms with Crippen molar-refractivity contribution in [1.29, 1.82) is 0 Å².